The molecule has 19 heavy (non-hydrogen) atoms. The molecule has 1 aliphatic rings. The monoisotopic (exact) mass is 270 g/mol. The standard InChI is InChI=1S/C13H22N2O4/c1-4-7-10(13(18)19-6-3)15-9-8-14(5-2)11(16)12(15)17/h10H,4-9H2,1-3H3. The summed E-state index contributed by atoms with van der Waals surface area (Å²) in [5, 5.41) is 0. The Morgan fingerprint density at radius 1 is 1.21 bits per heavy atom. The average Bonchev–Trinajstić information content (AvgIpc) is 2.40. The van der Waals surface area contributed by atoms with E-state index in [2.05, 4.69) is 0 Å². The van der Waals surface area contributed by atoms with Gasteiger partial charge in [-0.2, -0.15) is 0 Å². The molecule has 0 bridgehead atoms. The molecule has 0 aromatic rings. The molecule has 1 atom stereocenters. The zero-order chi connectivity index (χ0) is 14.4. The van der Waals surface area contributed by atoms with E-state index < -0.39 is 23.8 Å². The summed E-state index contributed by atoms with van der Waals surface area (Å²) in [6, 6.07) is -0.639. The van der Waals surface area contributed by atoms with Crippen LogP contribution in [0.3, 0.4) is 0 Å². The summed E-state index contributed by atoms with van der Waals surface area (Å²) in [7, 11) is 0. The van der Waals surface area contributed by atoms with E-state index >= 15 is 0 Å². The van der Waals surface area contributed by atoms with E-state index in [1.54, 1.807) is 6.92 Å². The van der Waals surface area contributed by atoms with Crippen LogP contribution in [0.1, 0.15) is 33.6 Å². The smallest absolute Gasteiger partial charge is 0.328 e. The fourth-order valence-corrected chi connectivity index (χ4v) is 2.20. The predicted octanol–water partition coefficient (Wildman–Crippen LogP) is 0.409. The van der Waals surface area contributed by atoms with Gasteiger partial charge in [-0.05, 0) is 20.3 Å². The second-order valence-corrected chi connectivity index (χ2v) is 4.44. The summed E-state index contributed by atoms with van der Waals surface area (Å²) in [4.78, 5) is 38.6. The Kier molecular flexibility index (Phi) is 5.79. The average molecular weight is 270 g/mol. The number of rotatable bonds is 6. The zero-order valence-corrected chi connectivity index (χ0v) is 11.8. The maximum atomic E-state index is 12.0. The van der Waals surface area contributed by atoms with Gasteiger partial charge >= 0.3 is 17.8 Å². The molecular formula is C13H22N2O4. The van der Waals surface area contributed by atoms with Crippen molar-refractivity contribution in [2.24, 2.45) is 0 Å². The van der Waals surface area contributed by atoms with Gasteiger partial charge < -0.3 is 14.5 Å². The van der Waals surface area contributed by atoms with Gasteiger partial charge in [0.05, 0.1) is 6.61 Å². The fraction of sp³-hybridized carbons (Fsp3) is 0.769. The van der Waals surface area contributed by atoms with Crippen molar-refractivity contribution in [3.05, 3.63) is 0 Å². The van der Waals surface area contributed by atoms with E-state index in [0.29, 0.717) is 26.1 Å². The second-order valence-electron chi connectivity index (χ2n) is 4.44. The van der Waals surface area contributed by atoms with Crippen molar-refractivity contribution in [3.8, 4) is 0 Å². The molecule has 2 amide bonds. The molecule has 6 nitrogen and oxygen atoms in total. The number of ether oxygens (including phenoxy) is 1. The minimum atomic E-state index is -0.639. The van der Waals surface area contributed by atoms with Crippen LogP contribution in [-0.2, 0) is 19.1 Å². The highest BCUT2D eigenvalue weighted by atomic mass is 16.5. The quantitative estimate of drug-likeness (QED) is 0.518. The lowest BCUT2D eigenvalue weighted by molar-refractivity contribution is -0.164. The van der Waals surface area contributed by atoms with Gasteiger partial charge in [-0.1, -0.05) is 13.3 Å². The number of amides is 2. The minimum Gasteiger partial charge on any atom is -0.464 e. The summed E-state index contributed by atoms with van der Waals surface area (Å²) in [5.74, 6) is -1.55. The lowest BCUT2D eigenvalue weighted by Crippen LogP contribution is -2.59. The molecule has 1 heterocycles. The Labute approximate surface area is 113 Å². The van der Waals surface area contributed by atoms with Crippen LogP contribution in [0.25, 0.3) is 0 Å². The van der Waals surface area contributed by atoms with E-state index in [4.69, 9.17) is 4.74 Å². The minimum absolute atomic E-state index is 0.274. The number of hydrogen-bond donors (Lipinski definition) is 0. The third kappa shape index (κ3) is 3.45. The predicted molar refractivity (Wildman–Crippen MR) is 69.3 cm³/mol. The molecule has 1 unspecified atom stereocenters. The van der Waals surface area contributed by atoms with Gasteiger partial charge in [0.2, 0.25) is 0 Å². The molecule has 1 aliphatic heterocycles. The van der Waals surface area contributed by atoms with E-state index in [-0.39, 0.29) is 6.61 Å². The first-order valence-electron chi connectivity index (χ1n) is 6.83. The normalized spacial score (nSPS) is 17.6. The Hall–Kier alpha value is -1.59. The molecule has 108 valence electrons. The fourth-order valence-electron chi connectivity index (χ4n) is 2.20. The number of likely N-dealkylation sites (N-methyl/N-ethyl adjacent to an activating group) is 1. The van der Waals surface area contributed by atoms with Crippen molar-refractivity contribution in [3.63, 3.8) is 0 Å². The maximum absolute atomic E-state index is 12.0. The first kappa shape index (κ1) is 15.5. The first-order valence-corrected chi connectivity index (χ1v) is 6.83. The molecule has 0 aromatic carbocycles. The highest BCUT2D eigenvalue weighted by molar-refractivity contribution is 6.35. The second kappa shape index (κ2) is 7.11. The summed E-state index contributed by atoms with van der Waals surface area (Å²) in [6.45, 7) is 7.13. The van der Waals surface area contributed by atoms with Crippen molar-refractivity contribution in [2.75, 3.05) is 26.2 Å². The SMILES string of the molecule is CCCC(C(=O)OCC)N1CCN(CC)C(=O)C1=O. The van der Waals surface area contributed by atoms with Gasteiger partial charge in [0.15, 0.2) is 0 Å². The number of carbonyl (C=O) groups excluding carboxylic acids is 3. The van der Waals surface area contributed by atoms with Crippen molar-refractivity contribution in [1.82, 2.24) is 9.80 Å². The molecule has 0 aromatic heterocycles. The van der Waals surface area contributed by atoms with Gasteiger partial charge in [-0.15, -0.1) is 0 Å². The number of esters is 1. The molecule has 0 saturated carbocycles. The zero-order valence-electron chi connectivity index (χ0n) is 11.8. The van der Waals surface area contributed by atoms with Crippen molar-refractivity contribution in [2.45, 2.75) is 39.7 Å². The first-order chi connectivity index (χ1) is 9.06. The molecule has 0 N–H and O–H groups in total. The molecular weight excluding hydrogens is 248 g/mol. The number of hydrogen-bond acceptors (Lipinski definition) is 4. The lowest BCUT2D eigenvalue weighted by Gasteiger charge is -2.36. The summed E-state index contributed by atoms with van der Waals surface area (Å²) < 4.78 is 4.99. The van der Waals surface area contributed by atoms with Crippen LogP contribution in [0.2, 0.25) is 0 Å². The van der Waals surface area contributed by atoms with E-state index in [9.17, 15) is 14.4 Å². The van der Waals surface area contributed by atoms with Gasteiger partial charge in [-0.3, -0.25) is 9.59 Å². The van der Waals surface area contributed by atoms with E-state index in [0.717, 1.165) is 6.42 Å². The van der Waals surface area contributed by atoms with Crippen molar-refractivity contribution >= 4 is 17.8 Å². The number of piperazine rings is 1. The topological polar surface area (TPSA) is 66.9 Å². The van der Waals surface area contributed by atoms with Crippen molar-refractivity contribution < 1.29 is 19.1 Å². The molecule has 6 heteroatoms. The molecule has 1 rings (SSSR count). The molecule has 0 radical (unpaired) electrons. The third-order valence-electron chi connectivity index (χ3n) is 3.22. The van der Waals surface area contributed by atoms with E-state index in [1.165, 1.54) is 9.80 Å². The van der Waals surface area contributed by atoms with E-state index in [1.807, 2.05) is 13.8 Å². The Morgan fingerprint density at radius 2 is 1.89 bits per heavy atom. The molecule has 1 saturated heterocycles. The highest BCUT2D eigenvalue weighted by Gasteiger charge is 2.38. The molecule has 1 fully saturated rings. The lowest BCUT2D eigenvalue weighted by atomic mass is 10.1. The van der Waals surface area contributed by atoms with Gasteiger partial charge in [0, 0.05) is 19.6 Å². The summed E-state index contributed by atoms with van der Waals surface area (Å²) >= 11 is 0. The van der Waals surface area contributed by atoms with Crippen LogP contribution in [0.5, 0.6) is 0 Å². The van der Waals surface area contributed by atoms with Gasteiger partial charge in [0.1, 0.15) is 6.04 Å². The third-order valence-corrected chi connectivity index (χ3v) is 3.22. The Morgan fingerprint density at radius 3 is 2.42 bits per heavy atom. The number of nitrogens with zero attached hydrogens (tertiary/aromatic N) is 2. The number of carbonyl (C=O) groups is 3. The molecule has 0 spiro atoms. The van der Waals surface area contributed by atoms with Gasteiger partial charge in [-0.25, -0.2) is 4.79 Å². The largest absolute Gasteiger partial charge is 0.464 e. The van der Waals surface area contributed by atoms with Crippen LogP contribution in [0.4, 0.5) is 0 Å². The van der Waals surface area contributed by atoms with Crippen molar-refractivity contribution in [1.29, 1.82) is 0 Å². The van der Waals surface area contributed by atoms with Crippen LogP contribution in [0, 0.1) is 0 Å². The van der Waals surface area contributed by atoms with Crippen LogP contribution < -0.4 is 0 Å². The van der Waals surface area contributed by atoms with Crippen LogP contribution in [0.15, 0.2) is 0 Å². The highest BCUT2D eigenvalue weighted by Crippen LogP contribution is 2.14. The maximum Gasteiger partial charge on any atom is 0.328 e. The van der Waals surface area contributed by atoms with Crippen LogP contribution in [-0.4, -0.2) is 59.9 Å². The van der Waals surface area contributed by atoms with Crippen LogP contribution >= 0.6 is 0 Å². The molecule has 0 aliphatic carbocycles. The Balaban J connectivity index is 2.82. The summed E-state index contributed by atoms with van der Waals surface area (Å²) in [6.07, 6.45) is 1.27. The Bertz CT molecular complexity index is 357. The summed E-state index contributed by atoms with van der Waals surface area (Å²) in [5.41, 5.74) is 0. The van der Waals surface area contributed by atoms with Gasteiger partial charge in [0.25, 0.3) is 0 Å².